The minimum absolute atomic E-state index is 0.445. The van der Waals surface area contributed by atoms with Gasteiger partial charge < -0.3 is 15.0 Å². The summed E-state index contributed by atoms with van der Waals surface area (Å²) in [6, 6.07) is 1.28. The zero-order chi connectivity index (χ0) is 12.1. The number of nitrogens with one attached hydrogen (secondary N) is 1. The van der Waals surface area contributed by atoms with Crippen molar-refractivity contribution >= 4 is 0 Å². The zero-order valence-corrected chi connectivity index (χ0v) is 11.5. The first-order valence-electron chi connectivity index (χ1n) is 7.34. The molecule has 1 aliphatic carbocycles. The van der Waals surface area contributed by atoms with Crippen LogP contribution in [0.25, 0.3) is 0 Å². The van der Waals surface area contributed by atoms with Gasteiger partial charge in [0.25, 0.3) is 0 Å². The van der Waals surface area contributed by atoms with E-state index in [1.807, 2.05) is 7.11 Å². The van der Waals surface area contributed by atoms with Crippen LogP contribution in [0, 0.1) is 0 Å². The molecule has 0 bridgehead atoms. The molecule has 3 atom stereocenters. The van der Waals surface area contributed by atoms with Gasteiger partial charge in [0, 0.05) is 25.7 Å². The van der Waals surface area contributed by atoms with Crippen molar-refractivity contribution in [1.82, 2.24) is 10.2 Å². The summed E-state index contributed by atoms with van der Waals surface area (Å²) < 4.78 is 5.62. The van der Waals surface area contributed by atoms with Gasteiger partial charge in [0.2, 0.25) is 0 Å². The van der Waals surface area contributed by atoms with E-state index in [0.717, 1.165) is 0 Å². The minimum Gasteiger partial charge on any atom is -0.380 e. The van der Waals surface area contributed by atoms with E-state index in [-0.39, 0.29) is 0 Å². The van der Waals surface area contributed by atoms with E-state index in [2.05, 4.69) is 17.1 Å². The number of piperidine rings is 1. The summed E-state index contributed by atoms with van der Waals surface area (Å²) in [5.41, 5.74) is 0. The maximum Gasteiger partial charge on any atom is 0.0724 e. The van der Waals surface area contributed by atoms with Gasteiger partial charge in [-0.1, -0.05) is 19.8 Å². The number of rotatable bonds is 4. The van der Waals surface area contributed by atoms with E-state index in [4.69, 9.17) is 4.74 Å². The number of ether oxygens (including phenoxy) is 1. The molecule has 2 aliphatic rings. The second kappa shape index (κ2) is 6.72. The predicted molar refractivity (Wildman–Crippen MR) is 71.3 cm³/mol. The second-order valence-corrected chi connectivity index (χ2v) is 5.56. The Morgan fingerprint density at radius 1 is 1.18 bits per heavy atom. The number of likely N-dealkylation sites (N-methyl/N-ethyl adjacent to an activating group) is 1. The fourth-order valence-corrected chi connectivity index (χ4v) is 3.35. The van der Waals surface area contributed by atoms with Crippen LogP contribution < -0.4 is 5.32 Å². The molecule has 1 heterocycles. The molecular formula is C14H28N2O. The van der Waals surface area contributed by atoms with Crippen LogP contribution >= 0.6 is 0 Å². The van der Waals surface area contributed by atoms with E-state index in [1.54, 1.807) is 0 Å². The third-order valence-corrected chi connectivity index (χ3v) is 4.41. The molecule has 100 valence electrons. The van der Waals surface area contributed by atoms with Crippen LogP contribution in [0.4, 0.5) is 0 Å². The molecule has 0 aromatic carbocycles. The highest BCUT2D eigenvalue weighted by atomic mass is 16.5. The van der Waals surface area contributed by atoms with Crippen molar-refractivity contribution in [2.75, 3.05) is 26.7 Å². The number of nitrogens with zero attached hydrogens (tertiary/aromatic N) is 1. The van der Waals surface area contributed by atoms with Gasteiger partial charge in [-0.25, -0.2) is 0 Å². The van der Waals surface area contributed by atoms with Gasteiger partial charge in [0.1, 0.15) is 0 Å². The molecule has 0 amide bonds. The Morgan fingerprint density at radius 2 is 2.00 bits per heavy atom. The first kappa shape index (κ1) is 13.3. The van der Waals surface area contributed by atoms with Crippen molar-refractivity contribution in [3.8, 4) is 0 Å². The first-order valence-corrected chi connectivity index (χ1v) is 7.34. The van der Waals surface area contributed by atoms with Crippen LogP contribution in [0.3, 0.4) is 0 Å². The maximum absolute atomic E-state index is 5.62. The Labute approximate surface area is 106 Å². The van der Waals surface area contributed by atoms with Crippen molar-refractivity contribution in [2.45, 2.75) is 63.6 Å². The smallest absolute Gasteiger partial charge is 0.0724 e. The molecule has 1 aliphatic heterocycles. The highest BCUT2D eigenvalue weighted by Crippen LogP contribution is 2.22. The minimum atomic E-state index is 0.445. The van der Waals surface area contributed by atoms with E-state index in [0.29, 0.717) is 18.2 Å². The maximum atomic E-state index is 5.62. The fourth-order valence-electron chi connectivity index (χ4n) is 3.35. The topological polar surface area (TPSA) is 24.5 Å². The van der Waals surface area contributed by atoms with Crippen LogP contribution in [-0.2, 0) is 4.74 Å². The molecule has 0 spiro atoms. The Bertz CT molecular complexity index is 222. The molecule has 1 N–H and O–H groups in total. The lowest BCUT2D eigenvalue weighted by Crippen LogP contribution is -2.53. The summed E-state index contributed by atoms with van der Waals surface area (Å²) in [5.74, 6) is 0. The van der Waals surface area contributed by atoms with Crippen LogP contribution in [-0.4, -0.2) is 49.8 Å². The lowest BCUT2D eigenvalue weighted by molar-refractivity contribution is 0.0328. The molecule has 1 saturated heterocycles. The molecular weight excluding hydrogens is 212 g/mol. The third-order valence-electron chi connectivity index (χ3n) is 4.41. The lowest BCUT2D eigenvalue weighted by atomic mass is 9.91. The average Bonchev–Trinajstić information content (AvgIpc) is 2.39. The van der Waals surface area contributed by atoms with Gasteiger partial charge in [-0.2, -0.15) is 0 Å². The number of hydrogen-bond donors (Lipinski definition) is 1. The van der Waals surface area contributed by atoms with Gasteiger partial charge in [0.05, 0.1) is 6.10 Å². The van der Waals surface area contributed by atoms with Crippen molar-refractivity contribution in [1.29, 1.82) is 0 Å². The summed E-state index contributed by atoms with van der Waals surface area (Å²) in [4.78, 5) is 2.56. The summed E-state index contributed by atoms with van der Waals surface area (Å²) in [7, 11) is 1.86. The SMILES string of the molecule is CCN1CCCC(NC2CCCCC2OC)C1. The summed E-state index contributed by atoms with van der Waals surface area (Å²) in [5, 5.41) is 3.86. The van der Waals surface area contributed by atoms with E-state index < -0.39 is 0 Å². The quantitative estimate of drug-likeness (QED) is 0.813. The molecule has 0 radical (unpaired) electrons. The highest BCUT2D eigenvalue weighted by molar-refractivity contribution is 4.87. The van der Waals surface area contributed by atoms with Crippen molar-refractivity contribution in [2.24, 2.45) is 0 Å². The highest BCUT2D eigenvalue weighted by Gasteiger charge is 2.28. The largest absolute Gasteiger partial charge is 0.380 e. The van der Waals surface area contributed by atoms with Crippen LogP contribution in [0.5, 0.6) is 0 Å². The van der Waals surface area contributed by atoms with Gasteiger partial charge in [0.15, 0.2) is 0 Å². The molecule has 17 heavy (non-hydrogen) atoms. The fraction of sp³-hybridized carbons (Fsp3) is 1.00. The van der Waals surface area contributed by atoms with Gasteiger partial charge in [-0.05, 0) is 38.8 Å². The Balaban J connectivity index is 1.81. The zero-order valence-electron chi connectivity index (χ0n) is 11.5. The van der Waals surface area contributed by atoms with Gasteiger partial charge in [-0.15, -0.1) is 0 Å². The first-order chi connectivity index (χ1) is 8.33. The number of hydrogen-bond acceptors (Lipinski definition) is 3. The standard InChI is InChI=1S/C14H28N2O/c1-3-16-10-6-7-12(11-16)15-13-8-4-5-9-14(13)17-2/h12-15H,3-11H2,1-2H3. The molecule has 3 nitrogen and oxygen atoms in total. The van der Waals surface area contributed by atoms with Gasteiger partial charge in [-0.3, -0.25) is 0 Å². The molecule has 2 fully saturated rings. The van der Waals surface area contributed by atoms with Crippen molar-refractivity contribution in [3.05, 3.63) is 0 Å². The average molecular weight is 240 g/mol. The van der Waals surface area contributed by atoms with E-state index in [1.165, 1.54) is 58.2 Å². The molecule has 3 unspecified atom stereocenters. The molecule has 3 heteroatoms. The normalized spacial score (nSPS) is 36.0. The predicted octanol–water partition coefficient (Wildman–Crippen LogP) is 2.02. The Kier molecular flexibility index (Phi) is 5.26. The monoisotopic (exact) mass is 240 g/mol. The lowest BCUT2D eigenvalue weighted by Gasteiger charge is -2.38. The molecule has 0 aromatic rings. The number of likely N-dealkylation sites (tertiary alicyclic amines) is 1. The van der Waals surface area contributed by atoms with E-state index in [9.17, 15) is 0 Å². The molecule has 1 saturated carbocycles. The number of methoxy groups -OCH3 is 1. The third kappa shape index (κ3) is 3.67. The van der Waals surface area contributed by atoms with Crippen LogP contribution in [0.2, 0.25) is 0 Å². The van der Waals surface area contributed by atoms with Gasteiger partial charge >= 0.3 is 0 Å². The van der Waals surface area contributed by atoms with Crippen molar-refractivity contribution < 1.29 is 4.74 Å². The second-order valence-electron chi connectivity index (χ2n) is 5.56. The van der Waals surface area contributed by atoms with Crippen LogP contribution in [0.1, 0.15) is 45.4 Å². The summed E-state index contributed by atoms with van der Waals surface area (Å²) in [6.45, 7) is 5.97. The summed E-state index contributed by atoms with van der Waals surface area (Å²) >= 11 is 0. The van der Waals surface area contributed by atoms with Crippen molar-refractivity contribution in [3.63, 3.8) is 0 Å². The Hall–Kier alpha value is -0.120. The molecule has 2 rings (SSSR count). The Morgan fingerprint density at radius 3 is 2.76 bits per heavy atom. The molecule has 0 aromatic heterocycles. The summed E-state index contributed by atoms with van der Waals surface area (Å²) in [6.07, 6.45) is 8.35. The van der Waals surface area contributed by atoms with E-state index >= 15 is 0 Å². The van der Waals surface area contributed by atoms with Crippen LogP contribution in [0.15, 0.2) is 0 Å².